The van der Waals surface area contributed by atoms with Crippen molar-refractivity contribution >= 4 is 33.3 Å². The van der Waals surface area contributed by atoms with E-state index in [2.05, 4.69) is 15.5 Å². The number of carbonyl (C=O) groups excluding carboxylic acids is 1. The zero-order valence-electron chi connectivity index (χ0n) is 15.1. The fraction of sp³-hybridized carbons (Fsp3) is 0.278. The van der Waals surface area contributed by atoms with E-state index in [0.717, 1.165) is 11.3 Å². The fourth-order valence-electron chi connectivity index (χ4n) is 3.10. The van der Waals surface area contributed by atoms with E-state index in [1.807, 2.05) is 0 Å². The van der Waals surface area contributed by atoms with Crippen LogP contribution in [0.4, 0.5) is 10.4 Å². The van der Waals surface area contributed by atoms with Gasteiger partial charge in [0.05, 0.1) is 5.92 Å². The van der Waals surface area contributed by atoms with Gasteiger partial charge < -0.3 is 4.42 Å². The van der Waals surface area contributed by atoms with Crippen molar-refractivity contribution in [2.24, 2.45) is 5.92 Å². The van der Waals surface area contributed by atoms with Crippen molar-refractivity contribution in [3.63, 3.8) is 0 Å². The first-order valence-electron chi connectivity index (χ1n) is 8.87. The summed E-state index contributed by atoms with van der Waals surface area (Å²) in [7, 11) is -3.60. The summed E-state index contributed by atoms with van der Waals surface area (Å²) < 4.78 is 45.4. The second kappa shape index (κ2) is 8.01. The molecule has 1 fully saturated rings. The molecule has 1 aliphatic heterocycles. The first-order valence-corrected chi connectivity index (χ1v) is 11.2. The zero-order valence-corrected chi connectivity index (χ0v) is 16.7. The number of sulfonamides is 1. The number of hydrogen-bond acceptors (Lipinski definition) is 7. The minimum Gasteiger partial charge on any atom is -0.403 e. The molecule has 1 aromatic carbocycles. The molecule has 4 rings (SSSR count). The van der Waals surface area contributed by atoms with Crippen LogP contribution in [0.2, 0.25) is 0 Å². The lowest BCUT2D eigenvalue weighted by molar-refractivity contribution is -0.121. The van der Waals surface area contributed by atoms with Crippen LogP contribution in [0.15, 0.2) is 50.4 Å². The van der Waals surface area contributed by atoms with Gasteiger partial charge >= 0.3 is 6.01 Å². The molecular formula is C18H17FN4O4S2. The molecule has 1 atom stereocenters. The highest BCUT2D eigenvalue weighted by Crippen LogP contribution is 2.27. The van der Waals surface area contributed by atoms with Crippen LogP contribution in [0.5, 0.6) is 0 Å². The van der Waals surface area contributed by atoms with Gasteiger partial charge in [0.2, 0.25) is 11.8 Å². The van der Waals surface area contributed by atoms with Gasteiger partial charge in [0.25, 0.3) is 10.0 Å². The molecule has 152 valence electrons. The van der Waals surface area contributed by atoms with Crippen molar-refractivity contribution in [2.75, 3.05) is 18.4 Å². The number of piperidine rings is 1. The van der Waals surface area contributed by atoms with Crippen molar-refractivity contribution in [1.82, 2.24) is 14.5 Å². The Morgan fingerprint density at radius 3 is 2.76 bits per heavy atom. The normalized spacial score (nSPS) is 17.9. The number of amides is 1. The molecule has 1 unspecified atom stereocenters. The molecule has 1 aliphatic rings. The van der Waals surface area contributed by atoms with Gasteiger partial charge in [-0.3, -0.25) is 10.1 Å². The fourth-order valence-corrected chi connectivity index (χ4v) is 5.77. The molecule has 0 aliphatic carbocycles. The predicted octanol–water partition coefficient (Wildman–Crippen LogP) is 2.98. The number of nitrogens with zero attached hydrogens (tertiary/aromatic N) is 3. The molecule has 3 heterocycles. The summed E-state index contributed by atoms with van der Waals surface area (Å²) >= 11 is 1.15. The smallest absolute Gasteiger partial charge is 0.322 e. The molecule has 2 aromatic heterocycles. The van der Waals surface area contributed by atoms with E-state index < -0.39 is 15.9 Å². The predicted molar refractivity (Wildman–Crippen MR) is 104 cm³/mol. The second-order valence-corrected chi connectivity index (χ2v) is 9.66. The molecule has 11 heteroatoms. The minimum absolute atomic E-state index is 0.0883. The van der Waals surface area contributed by atoms with E-state index in [4.69, 9.17) is 4.42 Å². The lowest BCUT2D eigenvalue weighted by atomic mass is 9.99. The van der Waals surface area contributed by atoms with Gasteiger partial charge in [0, 0.05) is 18.7 Å². The van der Waals surface area contributed by atoms with Gasteiger partial charge in [0.1, 0.15) is 10.0 Å². The molecule has 0 saturated carbocycles. The number of hydrogen-bond donors (Lipinski definition) is 1. The number of thiophene rings is 1. The van der Waals surface area contributed by atoms with Gasteiger partial charge in [-0.1, -0.05) is 11.2 Å². The Morgan fingerprint density at radius 1 is 1.24 bits per heavy atom. The summed E-state index contributed by atoms with van der Waals surface area (Å²) in [5, 5.41) is 11.9. The Balaban J connectivity index is 1.43. The lowest BCUT2D eigenvalue weighted by Gasteiger charge is -2.30. The Bertz CT molecular complexity index is 1100. The first-order chi connectivity index (χ1) is 13.9. The van der Waals surface area contributed by atoms with E-state index in [1.54, 1.807) is 17.5 Å². The van der Waals surface area contributed by atoms with Gasteiger partial charge in [-0.05, 0) is 48.6 Å². The quantitative estimate of drug-likeness (QED) is 0.659. The van der Waals surface area contributed by atoms with E-state index >= 15 is 0 Å². The van der Waals surface area contributed by atoms with Crippen LogP contribution >= 0.6 is 11.3 Å². The van der Waals surface area contributed by atoms with Crippen LogP contribution in [-0.4, -0.2) is 41.9 Å². The van der Waals surface area contributed by atoms with Gasteiger partial charge in [-0.15, -0.1) is 16.4 Å². The van der Waals surface area contributed by atoms with E-state index in [1.165, 1.54) is 28.6 Å². The molecule has 8 nitrogen and oxygen atoms in total. The Labute approximate surface area is 170 Å². The maximum atomic E-state index is 13.0. The number of halogens is 1. The van der Waals surface area contributed by atoms with Crippen molar-refractivity contribution in [2.45, 2.75) is 17.1 Å². The van der Waals surface area contributed by atoms with Gasteiger partial charge in [-0.2, -0.15) is 4.31 Å². The maximum Gasteiger partial charge on any atom is 0.322 e. The summed E-state index contributed by atoms with van der Waals surface area (Å²) in [5.41, 5.74) is 0.519. The Kier molecular flexibility index (Phi) is 5.43. The molecule has 3 aromatic rings. The monoisotopic (exact) mass is 436 g/mol. The summed E-state index contributed by atoms with van der Waals surface area (Å²) in [6.45, 7) is 0.463. The SMILES string of the molecule is O=C(Nc1nnc(-c2ccc(F)cc2)o1)C1CCCN(S(=O)(=O)c2cccs2)C1. The molecular weight excluding hydrogens is 419 g/mol. The highest BCUT2D eigenvalue weighted by Gasteiger charge is 2.34. The number of carbonyl (C=O) groups is 1. The number of anilines is 1. The van der Waals surface area contributed by atoms with Crippen LogP contribution < -0.4 is 5.32 Å². The summed E-state index contributed by atoms with van der Waals surface area (Å²) in [6.07, 6.45) is 1.13. The molecule has 1 N–H and O–H groups in total. The summed E-state index contributed by atoms with van der Waals surface area (Å²) in [4.78, 5) is 12.6. The molecule has 1 saturated heterocycles. The van der Waals surface area contributed by atoms with E-state index in [9.17, 15) is 17.6 Å². The zero-order chi connectivity index (χ0) is 20.4. The number of aromatic nitrogens is 2. The van der Waals surface area contributed by atoms with Crippen LogP contribution in [0.3, 0.4) is 0 Å². The number of benzene rings is 1. The summed E-state index contributed by atoms with van der Waals surface area (Å²) in [5.74, 6) is -1.16. The highest BCUT2D eigenvalue weighted by molar-refractivity contribution is 7.91. The van der Waals surface area contributed by atoms with Crippen molar-refractivity contribution in [1.29, 1.82) is 0 Å². The van der Waals surface area contributed by atoms with Crippen LogP contribution in [0, 0.1) is 11.7 Å². The molecule has 29 heavy (non-hydrogen) atoms. The van der Waals surface area contributed by atoms with E-state index in [0.29, 0.717) is 24.9 Å². The molecule has 1 amide bonds. The Morgan fingerprint density at radius 2 is 2.03 bits per heavy atom. The average Bonchev–Trinajstić information content (AvgIpc) is 3.41. The van der Waals surface area contributed by atoms with Crippen LogP contribution in [-0.2, 0) is 14.8 Å². The largest absolute Gasteiger partial charge is 0.403 e. The highest BCUT2D eigenvalue weighted by atomic mass is 32.2. The lowest BCUT2D eigenvalue weighted by Crippen LogP contribution is -2.43. The Hall–Kier alpha value is -2.63. The van der Waals surface area contributed by atoms with E-state index in [-0.39, 0.29) is 34.4 Å². The third-order valence-corrected chi connectivity index (χ3v) is 7.83. The van der Waals surface area contributed by atoms with Crippen molar-refractivity contribution < 1.29 is 22.0 Å². The topological polar surface area (TPSA) is 105 Å². The van der Waals surface area contributed by atoms with Crippen LogP contribution in [0.25, 0.3) is 11.5 Å². The first kappa shape index (κ1) is 19.7. The van der Waals surface area contributed by atoms with Gasteiger partial charge in [-0.25, -0.2) is 12.8 Å². The molecule has 0 bridgehead atoms. The third kappa shape index (κ3) is 4.21. The minimum atomic E-state index is -3.60. The molecule has 0 spiro atoms. The summed E-state index contributed by atoms with van der Waals surface area (Å²) in [6, 6.07) is 8.66. The van der Waals surface area contributed by atoms with Crippen molar-refractivity contribution in [3.05, 3.63) is 47.6 Å². The van der Waals surface area contributed by atoms with Crippen LogP contribution in [0.1, 0.15) is 12.8 Å². The second-order valence-electron chi connectivity index (χ2n) is 6.54. The average molecular weight is 436 g/mol. The number of rotatable bonds is 5. The maximum absolute atomic E-state index is 13.0. The number of nitrogens with one attached hydrogen (secondary N) is 1. The standard InChI is InChI=1S/C18H17FN4O4S2/c19-14-7-5-12(6-8-14)17-21-22-18(27-17)20-16(24)13-3-1-9-23(11-13)29(25,26)15-4-2-10-28-15/h2,4-8,10,13H,1,3,9,11H2,(H,20,22,24). The third-order valence-electron chi connectivity index (χ3n) is 4.59. The van der Waals surface area contributed by atoms with Crippen molar-refractivity contribution in [3.8, 4) is 11.5 Å². The molecule has 0 radical (unpaired) electrons. The van der Waals surface area contributed by atoms with Gasteiger partial charge in [0.15, 0.2) is 0 Å².